The van der Waals surface area contributed by atoms with Gasteiger partial charge in [-0.1, -0.05) is 30.3 Å². The van der Waals surface area contributed by atoms with Crippen molar-refractivity contribution >= 4 is 11.7 Å². The Labute approximate surface area is 131 Å². The van der Waals surface area contributed by atoms with E-state index in [4.69, 9.17) is 0 Å². The number of rotatable bonds is 3. The smallest absolute Gasteiger partial charge is 0.230 e. The molecule has 0 aliphatic carbocycles. The lowest BCUT2D eigenvalue weighted by molar-refractivity contribution is -0.119. The molecule has 0 spiro atoms. The normalized spacial score (nSPS) is 21.7. The van der Waals surface area contributed by atoms with Crippen molar-refractivity contribution in [1.82, 2.24) is 9.88 Å². The van der Waals surface area contributed by atoms with E-state index in [0.717, 1.165) is 18.7 Å². The van der Waals surface area contributed by atoms with Gasteiger partial charge in [0.2, 0.25) is 5.91 Å². The maximum absolute atomic E-state index is 12.7. The quantitative estimate of drug-likeness (QED) is 0.947. The van der Waals surface area contributed by atoms with E-state index in [-0.39, 0.29) is 17.7 Å². The Bertz CT molecular complexity index is 656. The van der Waals surface area contributed by atoms with Gasteiger partial charge in [0.25, 0.3) is 0 Å². The fraction of sp³-hybridized carbons (Fsp3) is 0.333. The lowest BCUT2D eigenvalue weighted by atomic mass is 9.88. The highest BCUT2D eigenvalue weighted by atomic mass is 16.2. The highest BCUT2D eigenvalue weighted by Gasteiger charge is 2.36. The van der Waals surface area contributed by atoms with E-state index in [1.807, 2.05) is 37.3 Å². The Balaban J connectivity index is 1.78. The molecule has 4 heteroatoms. The number of benzene rings is 1. The van der Waals surface area contributed by atoms with Crippen LogP contribution in [0.25, 0.3) is 0 Å². The average Bonchev–Trinajstić information content (AvgIpc) is 2.90. The summed E-state index contributed by atoms with van der Waals surface area (Å²) in [5.41, 5.74) is 2.32. The van der Waals surface area contributed by atoms with Crippen molar-refractivity contribution in [3.05, 3.63) is 59.8 Å². The van der Waals surface area contributed by atoms with Crippen LogP contribution in [-0.2, 0) is 4.79 Å². The number of aryl methyl sites for hydroxylation is 1. The summed E-state index contributed by atoms with van der Waals surface area (Å²) in [6.07, 6.45) is 1.72. The molecular formula is C18H21N3O. The second kappa shape index (κ2) is 6.28. The second-order valence-corrected chi connectivity index (χ2v) is 6.05. The number of amides is 1. The van der Waals surface area contributed by atoms with Crippen molar-refractivity contribution in [2.45, 2.75) is 12.8 Å². The van der Waals surface area contributed by atoms with Gasteiger partial charge in [-0.2, -0.15) is 0 Å². The van der Waals surface area contributed by atoms with Crippen molar-refractivity contribution in [3.8, 4) is 0 Å². The summed E-state index contributed by atoms with van der Waals surface area (Å²) in [5, 5.41) is 2.97. The van der Waals surface area contributed by atoms with E-state index >= 15 is 0 Å². The van der Waals surface area contributed by atoms with E-state index in [0.29, 0.717) is 5.82 Å². The number of pyridine rings is 1. The summed E-state index contributed by atoms with van der Waals surface area (Å²) in [5.74, 6) is 0.869. The van der Waals surface area contributed by atoms with Gasteiger partial charge in [0.1, 0.15) is 5.82 Å². The van der Waals surface area contributed by atoms with Crippen LogP contribution in [0.15, 0.2) is 48.7 Å². The minimum absolute atomic E-state index is 0.0466. The van der Waals surface area contributed by atoms with Crippen molar-refractivity contribution in [1.29, 1.82) is 0 Å². The first-order chi connectivity index (χ1) is 10.6. The molecule has 0 saturated carbocycles. The molecule has 2 heterocycles. The maximum atomic E-state index is 12.7. The first-order valence-corrected chi connectivity index (χ1v) is 7.60. The second-order valence-electron chi connectivity index (χ2n) is 6.05. The molecule has 0 radical (unpaired) electrons. The first kappa shape index (κ1) is 14.7. The molecule has 1 saturated heterocycles. The number of carbonyl (C=O) groups excluding carboxylic acids is 1. The minimum atomic E-state index is -0.0466. The lowest BCUT2D eigenvalue weighted by Crippen LogP contribution is -2.28. The zero-order valence-corrected chi connectivity index (χ0v) is 13.0. The number of nitrogens with one attached hydrogen (secondary N) is 1. The molecule has 1 aliphatic heterocycles. The molecule has 2 aromatic rings. The van der Waals surface area contributed by atoms with Crippen LogP contribution in [0.5, 0.6) is 0 Å². The van der Waals surface area contributed by atoms with Gasteiger partial charge in [0.15, 0.2) is 0 Å². The molecule has 1 amide bonds. The molecule has 0 bridgehead atoms. The van der Waals surface area contributed by atoms with Crippen LogP contribution in [0.3, 0.4) is 0 Å². The topological polar surface area (TPSA) is 45.2 Å². The first-order valence-electron chi connectivity index (χ1n) is 7.60. The number of aromatic nitrogens is 1. The molecule has 3 rings (SSSR count). The number of likely N-dealkylation sites (tertiary alicyclic amines) is 1. The number of carbonyl (C=O) groups is 1. The van der Waals surface area contributed by atoms with E-state index < -0.39 is 0 Å². The number of likely N-dealkylation sites (N-methyl/N-ethyl adjacent to an activating group) is 1. The van der Waals surface area contributed by atoms with Gasteiger partial charge in [-0.3, -0.25) is 4.79 Å². The number of anilines is 1. The Morgan fingerprint density at radius 1 is 1.23 bits per heavy atom. The number of hydrogen-bond acceptors (Lipinski definition) is 3. The number of nitrogens with zero attached hydrogens (tertiary/aromatic N) is 2. The van der Waals surface area contributed by atoms with E-state index in [9.17, 15) is 4.79 Å². The summed E-state index contributed by atoms with van der Waals surface area (Å²) in [4.78, 5) is 19.1. The summed E-state index contributed by atoms with van der Waals surface area (Å²) in [6.45, 7) is 3.67. The number of hydrogen-bond donors (Lipinski definition) is 1. The Kier molecular flexibility index (Phi) is 4.20. The van der Waals surface area contributed by atoms with Gasteiger partial charge in [-0.25, -0.2) is 4.98 Å². The van der Waals surface area contributed by atoms with E-state index in [2.05, 4.69) is 34.4 Å². The molecule has 1 fully saturated rings. The van der Waals surface area contributed by atoms with Crippen LogP contribution in [0.2, 0.25) is 0 Å². The predicted molar refractivity (Wildman–Crippen MR) is 87.8 cm³/mol. The fourth-order valence-electron chi connectivity index (χ4n) is 3.13. The average molecular weight is 295 g/mol. The van der Waals surface area contributed by atoms with Crippen molar-refractivity contribution in [2.24, 2.45) is 5.92 Å². The summed E-state index contributed by atoms with van der Waals surface area (Å²) >= 11 is 0. The highest BCUT2D eigenvalue weighted by Crippen LogP contribution is 2.32. The van der Waals surface area contributed by atoms with Gasteiger partial charge < -0.3 is 10.2 Å². The minimum Gasteiger partial charge on any atom is -0.310 e. The molecule has 2 atom stereocenters. The Morgan fingerprint density at radius 3 is 2.73 bits per heavy atom. The predicted octanol–water partition coefficient (Wildman–Crippen LogP) is 2.67. The third kappa shape index (κ3) is 3.17. The third-order valence-electron chi connectivity index (χ3n) is 4.23. The highest BCUT2D eigenvalue weighted by molar-refractivity contribution is 5.92. The van der Waals surface area contributed by atoms with Gasteiger partial charge in [0, 0.05) is 25.2 Å². The van der Waals surface area contributed by atoms with E-state index in [1.54, 1.807) is 6.20 Å². The van der Waals surface area contributed by atoms with Gasteiger partial charge in [-0.05, 0) is 37.2 Å². The Morgan fingerprint density at radius 2 is 2.00 bits per heavy atom. The largest absolute Gasteiger partial charge is 0.310 e. The monoisotopic (exact) mass is 295 g/mol. The molecule has 1 aromatic heterocycles. The zero-order valence-electron chi connectivity index (χ0n) is 13.0. The molecule has 1 aromatic carbocycles. The van der Waals surface area contributed by atoms with Crippen molar-refractivity contribution in [2.75, 3.05) is 25.5 Å². The fourth-order valence-corrected chi connectivity index (χ4v) is 3.13. The van der Waals surface area contributed by atoms with Gasteiger partial charge >= 0.3 is 0 Å². The SMILES string of the molecule is Cc1ccnc(NC(=O)[C@H]2CN(C)C[C@@H]2c2ccccc2)c1. The van der Waals surface area contributed by atoms with Crippen LogP contribution in [0, 0.1) is 12.8 Å². The van der Waals surface area contributed by atoms with Crippen LogP contribution in [-0.4, -0.2) is 35.9 Å². The van der Waals surface area contributed by atoms with Crippen LogP contribution in [0.1, 0.15) is 17.0 Å². The molecule has 22 heavy (non-hydrogen) atoms. The van der Waals surface area contributed by atoms with Gasteiger partial charge in [0.05, 0.1) is 5.92 Å². The Hall–Kier alpha value is -2.20. The summed E-state index contributed by atoms with van der Waals surface area (Å²) in [7, 11) is 2.06. The molecular weight excluding hydrogens is 274 g/mol. The van der Waals surface area contributed by atoms with Crippen molar-refractivity contribution < 1.29 is 4.79 Å². The third-order valence-corrected chi connectivity index (χ3v) is 4.23. The van der Waals surface area contributed by atoms with Crippen molar-refractivity contribution in [3.63, 3.8) is 0 Å². The molecule has 0 unspecified atom stereocenters. The van der Waals surface area contributed by atoms with Crippen LogP contribution < -0.4 is 5.32 Å². The molecule has 1 aliphatic rings. The van der Waals surface area contributed by atoms with E-state index in [1.165, 1.54) is 5.56 Å². The zero-order chi connectivity index (χ0) is 15.5. The summed E-state index contributed by atoms with van der Waals surface area (Å²) < 4.78 is 0. The molecule has 4 nitrogen and oxygen atoms in total. The molecule has 114 valence electrons. The van der Waals surface area contributed by atoms with Crippen LogP contribution in [0.4, 0.5) is 5.82 Å². The standard InChI is InChI=1S/C18H21N3O/c1-13-8-9-19-17(10-13)20-18(22)16-12-21(2)11-15(16)14-6-4-3-5-7-14/h3-10,15-16H,11-12H2,1-2H3,(H,19,20,22)/t15-,16+/m1/s1. The van der Waals surface area contributed by atoms with Crippen LogP contribution >= 0.6 is 0 Å². The molecule has 1 N–H and O–H groups in total. The lowest BCUT2D eigenvalue weighted by Gasteiger charge is -2.18. The van der Waals surface area contributed by atoms with Gasteiger partial charge in [-0.15, -0.1) is 0 Å². The maximum Gasteiger partial charge on any atom is 0.230 e. The summed E-state index contributed by atoms with van der Waals surface area (Å²) in [6, 6.07) is 14.1.